The van der Waals surface area contributed by atoms with Crippen molar-refractivity contribution in [2.75, 3.05) is 13.4 Å². The van der Waals surface area contributed by atoms with Crippen molar-refractivity contribution in [1.29, 1.82) is 0 Å². The van der Waals surface area contributed by atoms with Gasteiger partial charge in [-0.1, -0.05) is 6.07 Å². The lowest BCUT2D eigenvalue weighted by atomic mass is 10.2. The third kappa shape index (κ3) is 3.04. The number of hydrogen-bond acceptors (Lipinski definition) is 6. The van der Waals surface area contributed by atoms with E-state index >= 15 is 0 Å². The Morgan fingerprint density at radius 2 is 2.23 bits per heavy atom. The Kier molecular flexibility index (Phi) is 3.97. The van der Waals surface area contributed by atoms with Crippen LogP contribution in [0.5, 0.6) is 11.5 Å². The van der Waals surface area contributed by atoms with Crippen molar-refractivity contribution in [3.05, 3.63) is 43.3 Å². The number of esters is 1. The summed E-state index contributed by atoms with van der Waals surface area (Å²) in [6.07, 6.45) is 3.00. The summed E-state index contributed by atoms with van der Waals surface area (Å²) in [4.78, 5) is 25.9. The second kappa shape index (κ2) is 6.07. The SMILES string of the molecule is CCOC(=O)/C=c1\[nH]c(=O)/c(=C\c2ccc3c(c2)OCO3)s1. The van der Waals surface area contributed by atoms with E-state index in [1.807, 2.05) is 6.07 Å². The maximum atomic E-state index is 11.9. The standard InChI is InChI=1S/C15H13NO5S/c1-2-19-14(17)7-13-16-15(18)12(22-13)6-9-3-4-10-11(5-9)21-8-20-10/h3-7H,2,8H2,1H3,(H,16,18)/b12-6+,13-7+. The zero-order valence-electron chi connectivity index (χ0n) is 11.8. The number of aromatic nitrogens is 1. The molecule has 0 unspecified atom stereocenters. The Balaban J connectivity index is 1.97. The van der Waals surface area contributed by atoms with Gasteiger partial charge in [-0.15, -0.1) is 11.3 Å². The lowest BCUT2D eigenvalue weighted by Crippen LogP contribution is -2.20. The molecule has 22 heavy (non-hydrogen) atoms. The van der Waals surface area contributed by atoms with Crippen molar-refractivity contribution in [2.45, 2.75) is 6.92 Å². The molecule has 114 valence electrons. The minimum Gasteiger partial charge on any atom is -0.463 e. The minimum absolute atomic E-state index is 0.205. The smallest absolute Gasteiger partial charge is 0.333 e. The van der Waals surface area contributed by atoms with E-state index in [1.165, 1.54) is 17.4 Å². The summed E-state index contributed by atoms with van der Waals surface area (Å²) in [5.74, 6) is 0.864. The van der Waals surface area contributed by atoms with E-state index in [0.717, 1.165) is 5.56 Å². The van der Waals surface area contributed by atoms with E-state index in [4.69, 9.17) is 14.2 Å². The molecule has 0 aliphatic carbocycles. The number of nitrogens with one attached hydrogen (secondary N) is 1. The number of carbonyl (C=O) groups is 1. The van der Waals surface area contributed by atoms with Gasteiger partial charge in [-0.3, -0.25) is 4.79 Å². The molecule has 0 amide bonds. The molecule has 0 atom stereocenters. The van der Waals surface area contributed by atoms with Crippen LogP contribution >= 0.6 is 11.3 Å². The van der Waals surface area contributed by atoms with E-state index in [2.05, 4.69) is 4.98 Å². The first-order chi connectivity index (χ1) is 10.7. The van der Waals surface area contributed by atoms with Crippen LogP contribution in [-0.4, -0.2) is 24.4 Å². The fourth-order valence-electron chi connectivity index (χ4n) is 1.97. The molecule has 2 heterocycles. The van der Waals surface area contributed by atoms with Crippen molar-refractivity contribution in [1.82, 2.24) is 4.98 Å². The van der Waals surface area contributed by atoms with Crippen LogP contribution in [0, 0.1) is 0 Å². The lowest BCUT2D eigenvalue weighted by molar-refractivity contribution is -0.135. The highest BCUT2D eigenvalue weighted by Gasteiger charge is 2.12. The number of carbonyl (C=O) groups excluding carboxylic acids is 1. The summed E-state index contributed by atoms with van der Waals surface area (Å²) in [5, 5.41) is 0. The van der Waals surface area contributed by atoms with Crippen LogP contribution in [0.1, 0.15) is 12.5 Å². The van der Waals surface area contributed by atoms with Crippen molar-refractivity contribution in [3.63, 3.8) is 0 Å². The van der Waals surface area contributed by atoms with E-state index in [1.54, 1.807) is 25.1 Å². The average Bonchev–Trinajstić information content (AvgIpc) is 3.06. The van der Waals surface area contributed by atoms with Gasteiger partial charge >= 0.3 is 5.97 Å². The largest absolute Gasteiger partial charge is 0.463 e. The van der Waals surface area contributed by atoms with Gasteiger partial charge in [0.2, 0.25) is 6.79 Å². The molecule has 1 aliphatic rings. The molecule has 6 nitrogen and oxygen atoms in total. The normalized spacial score (nSPS) is 14.4. The highest BCUT2D eigenvalue weighted by atomic mass is 32.1. The summed E-state index contributed by atoms with van der Waals surface area (Å²) in [6, 6.07) is 5.43. The number of H-pyrrole nitrogens is 1. The molecule has 0 saturated heterocycles. The van der Waals surface area contributed by atoms with Crippen LogP contribution in [0.15, 0.2) is 23.0 Å². The second-order valence-electron chi connectivity index (χ2n) is 4.44. The van der Waals surface area contributed by atoms with E-state index in [-0.39, 0.29) is 12.4 Å². The number of ether oxygens (including phenoxy) is 3. The van der Waals surface area contributed by atoms with Crippen molar-refractivity contribution >= 4 is 29.5 Å². The summed E-state index contributed by atoms with van der Waals surface area (Å²) in [6.45, 7) is 2.22. The summed E-state index contributed by atoms with van der Waals surface area (Å²) in [7, 11) is 0. The van der Waals surface area contributed by atoms with Gasteiger partial charge in [0.05, 0.1) is 17.2 Å². The van der Waals surface area contributed by atoms with Gasteiger partial charge in [0, 0.05) is 0 Å². The number of benzene rings is 1. The molecule has 0 spiro atoms. The Bertz CT molecular complexity index is 880. The summed E-state index contributed by atoms with van der Waals surface area (Å²) >= 11 is 1.19. The number of fused-ring (bicyclic) bond motifs is 1. The topological polar surface area (TPSA) is 77.6 Å². The molecule has 7 heteroatoms. The molecule has 1 aromatic carbocycles. The molecule has 2 aromatic rings. The van der Waals surface area contributed by atoms with Gasteiger partial charge in [-0.25, -0.2) is 4.79 Å². The fraction of sp³-hybridized carbons (Fsp3) is 0.200. The molecule has 1 aliphatic heterocycles. The van der Waals surface area contributed by atoms with Gasteiger partial charge in [0.25, 0.3) is 5.56 Å². The summed E-state index contributed by atoms with van der Waals surface area (Å²) in [5.41, 5.74) is 0.567. The van der Waals surface area contributed by atoms with Gasteiger partial charge < -0.3 is 19.2 Å². The molecule has 0 radical (unpaired) electrons. The monoisotopic (exact) mass is 319 g/mol. The minimum atomic E-state index is -0.477. The predicted molar refractivity (Wildman–Crippen MR) is 81.4 cm³/mol. The van der Waals surface area contributed by atoms with Crippen molar-refractivity contribution in [3.8, 4) is 11.5 Å². The first kappa shape index (κ1) is 14.4. The average molecular weight is 319 g/mol. The zero-order valence-corrected chi connectivity index (χ0v) is 12.6. The van der Waals surface area contributed by atoms with E-state index < -0.39 is 5.97 Å². The maximum absolute atomic E-state index is 11.9. The van der Waals surface area contributed by atoms with Gasteiger partial charge in [0.15, 0.2) is 11.5 Å². The Labute approximate surface area is 129 Å². The van der Waals surface area contributed by atoms with Gasteiger partial charge in [0.1, 0.15) is 4.66 Å². The third-order valence-corrected chi connectivity index (χ3v) is 3.87. The van der Waals surface area contributed by atoms with Gasteiger partial charge in [-0.05, 0) is 30.7 Å². The molecular weight excluding hydrogens is 306 g/mol. The van der Waals surface area contributed by atoms with Crippen LogP contribution in [0.3, 0.4) is 0 Å². The first-order valence-electron chi connectivity index (χ1n) is 6.64. The molecule has 3 rings (SSSR count). The number of aromatic amines is 1. The molecule has 1 N–H and O–H groups in total. The van der Waals surface area contributed by atoms with Crippen LogP contribution in [0.25, 0.3) is 12.2 Å². The van der Waals surface area contributed by atoms with Crippen LogP contribution in [0.2, 0.25) is 0 Å². The molecule has 0 bridgehead atoms. The second-order valence-corrected chi connectivity index (χ2v) is 5.52. The first-order valence-corrected chi connectivity index (χ1v) is 7.46. The Morgan fingerprint density at radius 3 is 3.05 bits per heavy atom. The van der Waals surface area contributed by atoms with E-state index in [0.29, 0.717) is 27.3 Å². The molecule has 0 fully saturated rings. The Hall–Kier alpha value is -2.54. The van der Waals surface area contributed by atoms with Crippen molar-refractivity contribution in [2.24, 2.45) is 0 Å². The van der Waals surface area contributed by atoms with Gasteiger partial charge in [-0.2, -0.15) is 0 Å². The number of hydrogen-bond donors (Lipinski definition) is 1. The quantitative estimate of drug-likeness (QED) is 0.826. The highest BCUT2D eigenvalue weighted by Crippen LogP contribution is 2.32. The third-order valence-electron chi connectivity index (χ3n) is 2.91. The van der Waals surface area contributed by atoms with E-state index in [9.17, 15) is 9.59 Å². The Morgan fingerprint density at radius 1 is 1.41 bits per heavy atom. The van der Waals surface area contributed by atoms with Crippen LogP contribution in [-0.2, 0) is 9.53 Å². The number of rotatable bonds is 3. The molecule has 1 aromatic heterocycles. The van der Waals surface area contributed by atoms with Crippen molar-refractivity contribution < 1.29 is 19.0 Å². The maximum Gasteiger partial charge on any atom is 0.333 e. The molecular formula is C15H13NO5S. The fourth-order valence-corrected chi connectivity index (χ4v) is 2.84. The molecule has 0 saturated carbocycles. The highest BCUT2D eigenvalue weighted by molar-refractivity contribution is 7.07. The zero-order chi connectivity index (χ0) is 15.5. The predicted octanol–water partition coefficient (Wildman–Crippen LogP) is 0.338. The number of thiazole rings is 1. The van der Waals surface area contributed by atoms with Crippen LogP contribution < -0.4 is 24.2 Å². The van der Waals surface area contributed by atoms with Crippen LogP contribution in [0.4, 0.5) is 0 Å². The lowest BCUT2D eigenvalue weighted by Gasteiger charge is -1.96. The summed E-state index contributed by atoms with van der Waals surface area (Å²) < 4.78 is 16.3.